The van der Waals surface area contributed by atoms with Crippen LogP contribution in [0.15, 0.2) is 48.5 Å². The molecule has 2 N–H and O–H groups in total. The van der Waals surface area contributed by atoms with Gasteiger partial charge < -0.3 is 20.0 Å². The molecule has 5 rings (SSSR count). The van der Waals surface area contributed by atoms with Crippen LogP contribution in [-0.2, 0) is 38.7 Å². The van der Waals surface area contributed by atoms with Gasteiger partial charge in [0.25, 0.3) is 5.95 Å². The van der Waals surface area contributed by atoms with Gasteiger partial charge in [-0.05, 0) is 83.6 Å². The molecule has 49 heavy (non-hydrogen) atoms. The molecule has 2 heterocycles. The fraction of sp³-hybridized carbons (Fsp3) is 0.355. The molecule has 0 radical (unpaired) electrons. The summed E-state index contributed by atoms with van der Waals surface area (Å²) in [5, 5.41) is 31.2. The lowest BCUT2D eigenvalue weighted by molar-refractivity contribution is -0.143. The lowest BCUT2D eigenvalue weighted by Gasteiger charge is -2.33. The van der Waals surface area contributed by atoms with Crippen LogP contribution in [0.25, 0.3) is 0 Å². The van der Waals surface area contributed by atoms with Crippen LogP contribution >= 0.6 is 0 Å². The molecule has 3 aromatic carbocycles. The summed E-state index contributed by atoms with van der Waals surface area (Å²) in [4.78, 5) is 15.5. The maximum absolute atomic E-state index is 14.2. The number of aromatic carboxylic acids is 1. The summed E-state index contributed by atoms with van der Waals surface area (Å²) in [6.07, 6.45) is -14.6. The average Bonchev–Trinajstić information content (AvgIpc) is 3.35. The summed E-state index contributed by atoms with van der Waals surface area (Å²) in [5.74, 6) is -2.14. The minimum Gasteiger partial charge on any atom is -0.507 e. The number of aryl methyl sites for hydroxylation is 2. The Morgan fingerprint density at radius 1 is 0.918 bits per heavy atom. The predicted octanol–water partition coefficient (Wildman–Crippen LogP) is 7.53. The van der Waals surface area contributed by atoms with Gasteiger partial charge in [0.15, 0.2) is 0 Å². The third-order valence-electron chi connectivity index (χ3n) is 8.08. The minimum atomic E-state index is -5.12. The molecule has 1 aromatic heterocycles. The van der Waals surface area contributed by atoms with Crippen LogP contribution in [0.2, 0.25) is 0 Å². The Kier molecular flexibility index (Phi) is 9.20. The van der Waals surface area contributed by atoms with Crippen molar-refractivity contribution in [2.24, 2.45) is 7.05 Å². The molecular weight excluding hydrogens is 675 g/mol. The van der Waals surface area contributed by atoms with Gasteiger partial charge in [0.05, 0.1) is 29.8 Å². The van der Waals surface area contributed by atoms with Gasteiger partial charge in [-0.15, -0.1) is 5.10 Å². The first-order valence-corrected chi connectivity index (χ1v) is 14.5. The topological polar surface area (TPSA) is 108 Å². The van der Waals surface area contributed by atoms with Crippen LogP contribution in [0.1, 0.15) is 68.2 Å². The van der Waals surface area contributed by atoms with Gasteiger partial charge in [0.1, 0.15) is 11.3 Å². The van der Waals surface area contributed by atoms with E-state index in [4.69, 9.17) is 0 Å². The van der Waals surface area contributed by atoms with Gasteiger partial charge in [-0.3, -0.25) is 0 Å². The number of carboxylic acid groups (broad SMARTS) is 1. The Balaban J connectivity index is 1.67. The van der Waals surface area contributed by atoms with E-state index in [0.29, 0.717) is 17.7 Å². The van der Waals surface area contributed by atoms with Crippen molar-refractivity contribution in [2.45, 2.75) is 57.4 Å². The van der Waals surface area contributed by atoms with Crippen molar-refractivity contribution in [1.82, 2.24) is 20.2 Å². The van der Waals surface area contributed by atoms with Crippen molar-refractivity contribution in [2.75, 3.05) is 16.3 Å². The summed E-state index contributed by atoms with van der Waals surface area (Å²) in [5.41, 5.74) is -4.48. The smallest absolute Gasteiger partial charge is 0.416 e. The highest BCUT2D eigenvalue weighted by atomic mass is 19.4. The van der Waals surface area contributed by atoms with Crippen LogP contribution < -0.4 is 9.80 Å². The van der Waals surface area contributed by atoms with E-state index in [1.807, 2.05) is 0 Å². The van der Waals surface area contributed by atoms with Crippen molar-refractivity contribution in [1.29, 1.82) is 0 Å². The second-order valence-corrected chi connectivity index (χ2v) is 11.6. The summed E-state index contributed by atoms with van der Waals surface area (Å²) in [6, 6.07) is 6.05. The molecule has 0 fully saturated rings. The van der Waals surface area contributed by atoms with Gasteiger partial charge in [-0.1, -0.05) is 17.2 Å². The zero-order valence-corrected chi connectivity index (χ0v) is 25.6. The fourth-order valence-corrected chi connectivity index (χ4v) is 5.89. The Morgan fingerprint density at radius 3 is 2.12 bits per heavy atom. The first kappa shape index (κ1) is 35.3. The largest absolute Gasteiger partial charge is 0.507 e. The third-order valence-corrected chi connectivity index (χ3v) is 8.08. The van der Waals surface area contributed by atoms with Gasteiger partial charge in [0.2, 0.25) is 0 Å². The van der Waals surface area contributed by atoms with E-state index in [9.17, 15) is 54.5 Å². The van der Waals surface area contributed by atoms with E-state index in [-0.39, 0.29) is 54.8 Å². The van der Waals surface area contributed by atoms with Crippen molar-refractivity contribution in [3.8, 4) is 5.75 Å². The van der Waals surface area contributed by atoms with E-state index in [2.05, 4.69) is 15.4 Å². The molecule has 0 bridgehead atoms. The van der Waals surface area contributed by atoms with Gasteiger partial charge in [-0.25, -0.2) is 4.79 Å². The molecule has 1 atom stereocenters. The zero-order valence-electron chi connectivity index (χ0n) is 25.6. The molecule has 0 aliphatic carbocycles. The van der Waals surface area contributed by atoms with E-state index >= 15 is 0 Å². The van der Waals surface area contributed by atoms with E-state index in [1.54, 1.807) is 4.90 Å². The minimum absolute atomic E-state index is 0.00559. The van der Waals surface area contributed by atoms with E-state index in [0.717, 1.165) is 16.9 Å². The molecule has 4 aromatic rings. The third kappa shape index (κ3) is 7.67. The Morgan fingerprint density at radius 2 is 1.57 bits per heavy atom. The highest BCUT2D eigenvalue weighted by Gasteiger charge is 2.39. The number of carboxylic acids is 1. The molecule has 0 unspecified atom stereocenters. The molecule has 0 spiro atoms. The van der Waals surface area contributed by atoms with Crippen molar-refractivity contribution >= 4 is 17.6 Å². The first-order chi connectivity index (χ1) is 22.7. The second-order valence-electron chi connectivity index (χ2n) is 11.6. The van der Waals surface area contributed by atoms with E-state index in [1.165, 1.54) is 37.1 Å². The van der Waals surface area contributed by atoms with Crippen LogP contribution in [0.3, 0.4) is 0 Å². The number of benzene rings is 3. The SMILES string of the molecule is Cc1cc2c(cc1C(F)(F)F)N(Cc1ccc(O)c(C(=O)O)c1)CCC[C@@H]2N(Cc1cc(C(F)(F)F)cc(C(F)(F)F)c1)c1nnn(C)n1. The summed E-state index contributed by atoms with van der Waals surface area (Å²) in [6.45, 7) is 0.633. The summed E-state index contributed by atoms with van der Waals surface area (Å²) >= 11 is 0. The van der Waals surface area contributed by atoms with Crippen LogP contribution in [0, 0.1) is 6.92 Å². The second kappa shape index (κ2) is 12.8. The number of nitrogens with zero attached hydrogens (tertiary/aromatic N) is 6. The van der Waals surface area contributed by atoms with Crippen LogP contribution in [-0.4, -0.2) is 42.9 Å². The molecule has 1 aliphatic heterocycles. The fourth-order valence-electron chi connectivity index (χ4n) is 5.89. The molecule has 9 nitrogen and oxygen atoms in total. The van der Waals surface area contributed by atoms with Gasteiger partial charge in [0, 0.05) is 25.3 Å². The maximum Gasteiger partial charge on any atom is 0.416 e. The normalized spacial score (nSPS) is 15.6. The average molecular weight is 703 g/mol. The lowest BCUT2D eigenvalue weighted by atomic mass is 9.94. The predicted molar refractivity (Wildman–Crippen MR) is 156 cm³/mol. The summed E-state index contributed by atoms with van der Waals surface area (Å²) < 4.78 is 125. The monoisotopic (exact) mass is 702 g/mol. The number of rotatable bonds is 7. The Labute approximate surface area is 272 Å². The Hall–Kier alpha value is -5.03. The molecule has 0 saturated carbocycles. The van der Waals surface area contributed by atoms with Crippen LogP contribution in [0.5, 0.6) is 5.75 Å². The Bertz CT molecular complexity index is 1840. The first-order valence-electron chi connectivity index (χ1n) is 14.5. The number of hydrogen-bond acceptors (Lipinski definition) is 7. The number of aromatic hydroxyl groups is 1. The zero-order chi connectivity index (χ0) is 36.1. The molecule has 0 amide bonds. The molecular formula is C31H27F9N6O3. The number of hydrogen-bond donors (Lipinski definition) is 2. The van der Waals surface area contributed by atoms with Gasteiger partial charge >= 0.3 is 24.5 Å². The van der Waals surface area contributed by atoms with Crippen molar-refractivity contribution in [3.05, 3.63) is 93.0 Å². The molecule has 0 saturated heterocycles. The lowest BCUT2D eigenvalue weighted by Crippen LogP contribution is -2.30. The molecule has 1 aliphatic rings. The number of carbonyl (C=O) groups is 1. The quantitative estimate of drug-likeness (QED) is 0.191. The number of fused-ring (bicyclic) bond motifs is 1. The highest BCUT2D eigenvalue weighted by molar-refractivity contribution is 5.91. The van der Waals surface area contributed by atoms with Crippen LogP contribution in [0.4, 0.5) is 51.1 Å². The van der Waals surface area contributed by atoms with Crippen molar-refractivity contribution < 1.29 is 54.5 Å². The maximum atomic E-state index is 14.2. The number of tetrazole rings is 1. The highest BCUT2D eigenvalue weighted by Crippen LogP contribution is 2.44. The van der Waals surface area contributed by atoms with E-state index < -0.39 is 70.7 Å². The number of aromatic nitrogens is 4. The number of anilines is 2. The van der Waals surface area contributed by atoms with Gasteiger partial charge in [-0.2, -0.15) is 44.3 Å². The van der Waals surface area contributed by atoms with Crippen molar-refractivity contribution in [3.63, 3.8) is 0 Å². The number of phenols is 1. The number of alkyl halides is 9. The molecule has 262 valence electrons. The molecule has 18 heteroatoms. The number of halogens is 9. The summed E-state index contributed by atoms with van der Waals surface area (Å²) in [7, 11) is 1.38. The standard InChI is InChI=1S/C31H27F9N6O3/c1-16-8-21-24(46(28-41-43-44(2)42-28)15-18-9-19(29(32,33)34)12-20(10-18)30(35,36)37)4-3-7-45(25(21)13-23(16)31(38,39)40)14-17-5-6-26(47)22(11-17)27(48)49/h5-6,8-13,24,47H,3-4,7,14-15H2,1-2H3,(H,48,49)/t24-/m0/s1.